The zero-order valence-electron chi connectivity index (χ0n) is 8.79. The highest BCUT2D eigenvalue weighted by molar-refractivity contribution is 9.10. The molecule has 16 heavy (non-hydrogen) atoms. The maximum atomic E-state index is 11.1. The number of esters is 1. The number of hydrogen-bond donors (Lipinski definition) is 1. The van der Waals surface area contributed by atoms with Gasteiger partial charge in [0.25, 0.3) is 0 Å². The van der Waals surface area contributed by atoms with Crippen LogP contribution in [0, 0.1) is 11.3 Å². The molecule has 0 amide bonds. The van der Waals surface area contributed by atoms with Crippen molar-refractivity contribution in [1.29, 1.82) is 5.26 Å². The SMILES string of the molecule is CCOC(=O)CNc1cccc(Br)c1C#N. The molecule has 0 unspecified atom stereocenters. The maximum Gasteiger partial charge on any atom is 0.325 e. The van der Waals surface area contributed by atoms with Gasteiger partial charge in [-0.05, 0) is 35.0 Å². The molecule has 0 saturated carbocycles. The molecule has 0 atom stereocenters. The quantitative estimate of drug-likeness (QED) is 0.861. The number of rotatable bonds is 4. The summed E-state index contributed by atoms with van der Waals surface area (Å²) < 4.78 is 5.47. The standard InChI is InChI=1S/C11H11BrN2O2/c1-2-16-11(15)7-14-10-5-3-4-9(12)8(10)6-13/h3-5,14H,2,7H2,1H3. The van der Waals surface area contributed by atoms with E-state index in [1.165, 1.54) is 0 Å². The van der Waals surface area contributed by atoms with E-state index in [0.717, 1.165) is 0 Å². The average molecular weight is 283 g/mol. The fourth-order valence-corrected chi connectivity index (χ4v) is 1.62. The molecule has 1 aromatic carbocycles. The van der Waals surface area contributed by atoms with Gasteiger partial charge >= 0.3 is 5.97 Å². The van der Waals surface area contributed by atoms with Crippen molar-refractivity contribution in [3.8, 4) is 6.07 Å². The lowest BCUT2D eigenvalue weighted by molar-refractivity contribution is -0.140. The molecule has 1 rings (SSSR count). The minimum Gasteiger partial charge on any atom is -0.465 e. The predicted molar refractivity (Wildman–Crippen MR) is 64.0 cm³/mol. The molecule has 0 radical (unpaired) electrons. The fourth-order valence-electron chi connectivity index (χ4n) is 1.16. The molecule has 0 heterocycles. The van der Waals surface area contributed by atoms with Gasteiger partial charge in [-0.3, -0.25) is 4.79 Å². The van der Waals surface area contributed by atoms with E-state index < -0.39 is 0 Å². The third-order valence-electron chi connectivity index (χ3n) is 1.85. The Morgan fingerprint density at radius 2 is 2.38 bits per heavy atom. The number of carbonyl (C=O) groups is 1. The summed E-state index contributed by atoms with van der Waals surface area (Å²) in [5.74, 6) is -0.341. The first-order valence-corrected chi connectivity index (χ1v) is 5.56. The van der Waals surface area contributed by atoms with Crippen LogP contribution < -0.4 is 5.32 Å². The molecule has 0 aliphatic heterocycles. The predicted octanol–water partition coefficient (Wildman–Crippen LogP) is 2.30. The van der Waals surface area contributed by atoms with Gasteiger partial charge in [-0.2, -0.15) is 5.26 Å². The molecule has 0 saturated heterocycles. The Hall–Kier alpha value is -1.54. The lowest BCUT2D eigenvalue weighted by Crippen LogP contribution is -2.17. The van der Waals surface area contributed by atoms with Gasteiger partial charge in [0.15, 0.2) is 0 Å². The summed E-state index contributed by atoms with van der Waals surface area (Å²) in [6.07, 6.45) is 0. The summed E-state index contributed by atoms with van der Waals surface area (Å²) in [6.45, 7) is 2.15. The highest BCUT2D eigenvalue weighted by Gasteiger charge is 2.07. The molecule has 5 heteroatoms. The molecule has 0 bridgehead atoms. The molecule has 0 aromatic heterocycles. The van der Waals surface area contributed by atoms with E-state index in [4.69, 9.17) is 10.00 Å². The van der Waals surface area contributed by atoms with Crippen LogP contribution in [0.1, 0.15) is 12.5 Å². The Morgan fingerprint density at radius 1 is 1.62 bits per heavy atom. The second-order valence-electron chi connectivity index (χ2n) is 2.93. The smallest absolute Gasteiger partial charge is 0.325 e. The van der Waals surface area contributed by atoms with Crippen LogP contribution in [0.2, 0.25) is 0 Å². The summed E-state index contributed by atoms with van der Waals surface area (Å²) in [7, 11) is 0. The number of benzene rings is 1. The molecule has 1 aromatic rings. The molecule has 84 valence electrons. The number of nitriles is 1. The number of halogens is 1. The Morgan fingerprint density at radius 3 is 3.00 bits per heavy atom. The van der Waals surface area contributed by atoms with Crippen LogP contribution in [0.15, 0.2) is 22.7 Å². The van der Waals surface area contributed by atoms with Crippen LogP contribution in [0.5, 0.6) is 0 Å². The second kappa shape index (κ2) is 6.13. The number of hydrogen-bond acceptors (Lipinski definition) is 4. The van der Waals surface area contributed by atoms with Crippen molar-refractivity contribution >= 4 is 27.6 Å². The van der Waals surface area contributed by atoms with Gasteiger partial charge < -0.3 is 10.1 Å². The first-order chi connectivity index (χ1) is 7.69. The molecule has 0 aliphatic carbocycles. The van der Waals surface area contributed by atoms with Crippen molar-refractivity contribution in [2.24, 2.45) is 0 Å². The van der Waals surface area contributed by atoms with Gasteiger partial charge in [-0.15, -0.1) is 0 Å². The van der Waals surface area contributed by atoms with Gasteiger partial charge in [0, 0.05) is 4.47 Å². The average Bonchev–Trinajstić information content (AvgIpc) is 2.27. The van der Waals surface area contributed by atoms with Crippen molar-refractivity contribution in [2.45, 2.75) is 6.92 Å². The van der Waals surface area contributed by atoms with Crippen LogP contribution in [-0.4, -0.2) is 19.1 Å². The van der Waals surface area contributed by atoms with Crippen LogP contribution in [0.4, 0.5) is 5.69 Å². The molecule has 1 N–H and O–H groups in total. The summed E-state index contributed by atoms with van der Waals surface area (Å²) in [5, 5.41) is 11.8. The Kier molecular flexibility index (Phi) is 4.80. The van der Waals surface area contributed by atoms with Crippen molar-refractivity contribution in [2.75, 3.05) is 18.5 Å². The van der Waals surface area contributed by atoms with Gasteiger partial charge in [-0.1, -0.05) is 6.07 Å². The van der Waals surface area contributed by atoms with Crippen LogP contribution >= 0.6 is 15.9 Å². The first-order valence-electron chi connectivity index (χ1n) is 4.77. The summed E-state index contributed by atoms with van der Waals surface area (Å²) in [6, 6.07) is 7.36. The minimum absolute atomic E-state index is 0.0545. The highest BCUT2D eigenvalue weighted by Crippen LogP contribution is 2.23. The van der Waals surface area contributed by atoms with E-state index in [2.05, 4.69) is 27.3 Å². The zero-order chi connectivity index (χ0) is 12.0. The Labute approximate surface area is 102 Å². The molecule has 0 aliphatic rings. The monoisotopic (exact) mass is 282 g/mol. The van der Waals surface area contributed by atoms with Crippen molar-refractivity contribution in [3.05, 3.63) is 28.2 Å². The van der Waals surface area contributed by atoms with E-state index >= 15 is 0 Å². The van der Waals surface area contributed by atoms with Gasteiger partial charge in [0.05, 0.1) is 17.9 Å². The largest absolute Gasteiger partial charge is 0.465 e. The second-order valence-corrected chi connectivity index (χ2v) is 3.79. The van der Waals surface area contributed by atoms with Crippen LogP contribution in [0.3, 0.4) is 0 Å². The van der Waals surface area contributed by atoms with Crippen LogP contribution in [0.25, 0.3) is 0 Å². The van der Waals surface area contributed by atoms with E-state index in [-0.39, 0.29) is 12.5 Å². The van der Waals surface area contributed by atoms with Gasteiger partial charge in [0.2, 0.25) is 0 Å². The van der Waals surface area contributed by atoms with E-state index in [0.29, 0.717) is 22.3 Å². The number of ether oxygens (including phenoxy) is 1. The third-order valence-corrected chi connectivity index (χ3v) is 2.51. The summed E-state index contributed by atoms with van der Waals surface area (Å²) in [4.78, 5) is 11.1. The normalized spacial score (nSPS) is 9.31. The molecule has 0 fully saturated rings. The lowest BCUT2D eigenvalue weighted by atomic mass is 10.2. The van der Waals surface area contributed by atoms with Gasteiger partial charge in [-0.25, -0.2) is 0 Å². The topological polar surface area (TPSA) is 62.1 Å². The highest BCUT2D eigenvalue weighted by atomic mass is 79.9. The van der Waals surface area contributed by atoms with Crippen LogP contribution in [-0.2, 0) is 9.53 Å². The van der Waals surface area contributed by atoms with E-state index in [1.54, 1.807) is 25.1 Å². The van der Waals surface area contributed by atoms with E-state index in [9.17, 15) is 4.79 Å². The summed E-state index contributed by atoms with van der Waals surface area (Å²) in [5.41, 5.74) is 1.09. The van der Waals surface area contributed by atoms with Crippen molar-refractivity contribution in [1.82, 2.24) is 0 Å². The number of anilines is 1. The van der Waals surface area contributed by atoms with Gasteiger partial charge in [0.1, 0.15) is 12.6 Å². The van der Waals surface area contributed by atoms with Crippen molar-refractivity contribution < 1.29 is 9.53 Å². The summed E-state index contributed by atoms with van der Waals surface area (Å²) >= 11 is 3.27. The lowest BCUT2D eigenvalue weighted by Gasteiger charge is -2.08. The molecular weight excluding hydrogens is 272 g/mol. The third kappa shape index (κ3) is 3.24. The Bertz CT molecular complexity index is 426. The number of nitrogens with zero attached hydrogens (tertiary/aromatic N) is 1. The zero-order valence-corrected chi connectivity index (χ0v) is 10.4. The molecule has 0 spiro atoms. The van der Waals surface area contributed by atoms with Crippen molar-refractivity contribution in [3.63, 3.8) is 0 Å². The minimum atomic E-state index is -0.341. The first kappa shape index (κ1) is 12.5. The molecular formula is C11H11BrN2O2. The fraction of sp³-hybridized carbons (Fsp3) is 0.273. The Balaban J connectivity index is 2.71. The number of nitrogens with one attached hydrogen (secondary N) is 1. The molecule has 4 nitrogen and oxygen atoms in total. The van der Waals surface area contributed by atoms with E-state index in [1.807, 2.05) is 0 Å². The number of carbonyl (C=O) groups excluding carboxylic acids is 1. The maximum absolute atomic E-state index is 11.1.